The maximum absolute atomic E-state index is 14.9. The summed E-state index contributed by atoms with van der Waals surface area (Å²) < 4.78 is 37.4. The van der Waals surface area contributed by atoms with E-state index >= 15 is 0 Å². The van der Waals surface area contributed by atoms with Gasteiger partial charge in [0.1, 0.15) is 35.7 Å². The van der Waals surface area contributed by atoms with Crippen molar-refractivity contribution in [2.24, 2.45) is 11.3 Å². The monoisotopic (exact) mass is 610 g/mol. The SMILES string of the molecule is CC(=O)OCC12[C@H](Oc3ccccc3)C(=O)C3C(OC(C)=O)C1(OC3(C)C)C(C)(O)C[C@H](OC(C)=O)[C@@H]2Oc1ccccc1. The van der Waals surface area contributed by atoms with Gasteiger partial charge in [0.25, 0.3) is 0 Å². The molecule has 2 bridgehead atoms. The summed E-state index contributed by atoms with van der Waals surface area (Å²) in [5.41, 5.74) is -7.19. The fraction of sp³-hybridized carbons (Fsp3) is 0.515. The summed E-state index contributed by atoms with van der Waals surface area (Å²) in [4.78, 5) is 52.6. The topological polar surface area (TPSA) is 144 Å². The number of Topliss-reactive ketones (excluding diaryl/α,β-unsaturated/α-hetero) is 1. The van der Waals surface area contributed by atoms with Gasteiger partial charge in [0.2, 0.25) is 0 Å². The molecule has 2 saturated carbocycles. The minimum Gasteiger partial charge on any atom is -0.486 e. The molecule has 5 rings (SSSR count). The summed E-state index contributed by atoms with van der Waals surface area (Å²) in [5.74, 6) is -3.06. The maximum Gasteiger partial charge on any atom is 0.303 e. The van der Waals surface area contributed by atoms with Crippen LogP contribution in [0.5, 0.6) is 11.5 Å². The lowest BCUT2D eigenvalue weighted by atomic mass is 9.46. The number of aliphatic hydroxyl groups is 1. The van der Waals surface area contributed by atoms with Crippen molar-refractivity contribution in [2.75, 3.05) is 6.61 Å². The van der Waals surface area contributed by atoms with E-state index in [1.54, 1.807) is 74.5 Å². The van der Waals surface area contributed by atoms with E-state index in [9.17, 15) is 24.3 Å². The van der Waals surface area contributed by atoms with E-state index in [1.807, 2.05) is 0 Å². The van der Waals surface area contributed by atoms with Crippen LogP contribution in [0.4, 0.5) is 0 Å². The molecule has 1 heterocycles. The number of carbonyl (C=O) groups is 4. The molecule has 236 valence electrons. The molecule has 1 spiro atoms. The van der Waals surface area contributed by atoms with Crippen LogP contribution in [-0.2, 0) is 38.1 Å². The van der Waals surface area contributed by atoms with Crippen molar-refractivity contribution in [1.82, 2.24) is 0 Å². The molecule has 3 aliphatic rings. The van der Waals surface area contributed by atoms with Crippen molar-refractivity contribution in [3.63, 3.8) is 0 Å². The zero-order chi connectivity index (χ0) is 32.1. The van der Waals surface area contributed by atoms with E-state index < -0.39 is 82.8 Å². The van der Waals surface area contributed by atoms with E-state index in [4.69, 9.17) is 28.4 Å². The van der Waals surface area contributed by atoms with Gasteiger partial charge in [-0.25, -0.2) is 0 Å². The lowest BCUT2D eigenvalue weighted by Gasteiger charge is -2.65. The quantitative estimate of drug-likeness (QED) is 0.348. The van der Waals surface area contributed by atoms with Gasteiger partial charge < -0.3 is 33.5 Å². The molecule has 0 radical (unpaired) electrons. The molecule has 44 heavy (non-hydrogen) atoms. The highest BCUT2D eigenvalue weighted by Crippen LogP contribution is 2.68. The third kappa shape index (κ3) is 4.92. The Bertz CT molecular complexity index is 1420. The van der Waals surface area contributed by atoms with Crippen LogP contribution in [0.1, 0.15) is 48.0 Å². The number of hydrogen-bond acceptors (Lipinski definition) is 11. The van der Waals surface area contributed by atoms with Crippen molar-refractivity contribution in [3.05, 3.63) is 60.7 Å². The summed E-state index contributed by atoms with van der Waals surface area (Å²) in [7, 11) is 0. The summed E-state index contributed by atoms with van der Waals surface area (Å²) in [6.45, 7) is 7.84. The Morgan fingerprint density at radius 3 is 1.89 bits per heavy atom. The zero-order valence-electron chi connectivity index (χ0n) is 25.6. The molecule has 1 saturated heterocycles. The fourth-order valence-electron chi connectivity index (χ4n) is 7.62. The van der Waals surface area contributed by atoms with Gasteiger partial charge in [0.15, 0.2) is 23.6 Å². The minimum atomic E-state index is -1.97. The second-order valence-electron chi connectivity index (χ2n) is 12.5. The average molecular weight is 611 g/mol. The number of esters is 3. The first-order valence-electron chi connectivity index (χ1n) is 14.5. The van der Waals surface area contributed by atoms with Gasteiger partial charge in [-0.1, -0.05) is 36.4 Å². The van der Waals surface area contributed by atoms with Crippen LogP contribution in [0.15, 0.2) is 60.7 Å². The van der Waals surface area contributed by atoms with E-state index in [-0.39, 0.29) is 6.42 Å². The summed E-state index contributed by atoms with van der Waals surface area (Å²) in [6.07, 6.45) is -5.61. The molecule has 0 amide bonds. The van der Waals surface area contributed by atoms with Crippen LogP contribution in [0.25, 0.3) is 0 Å². The van der Waals surface area contributed by atoms with Crippen LogP contribution in [0, 0.1) is 11.3 Å². The van der Waals surface area contributed by atoms with Crippen molar-refractivity contribution in [3.8, 4) is 11.5 Å². The lowest BCUT2D eigenvalue weighted by molar-refractivity contribution is -0.344. The first-order chi connectivity index (χ1) is 20.7. The number of hydrogen-bond donors (Lipinski definition) is 1. The Kier molecular flexibility index (Phi) is 8.00. The summed E-state index contributed by atoms with van der Waals surface area (Å²) >= 11 is 0. The van der Waals surface area contributed by atoms with E-state index in [0.717, 1.165) is 0 Å². The smallest absolute Gasteiger partial charge is 0.303 e. The molecule has 1 N–H and O–H groups in total. The van der Waals surface area contributed by atoms with E-state index in [2.05, 4.69) is 0 Å². The number of rotatable bonds is 8. The molecule has 0 aromatic heterocycles. The highest BCUT2D eigenvalue weighted by molar-refractivity contribution is 5.92. The normalized spacial score (nSPS) is 35.2. The lowest BCUT2D eigenvalue weighted by Crippen LogP contribution is -2.85. The van der Waals surface area contributed by atoms with Crippen LogP contribution in [0.3, 0.4) is 0 Å². The molecular weight excluding hydrogens is 572 g/mol. The van der Waals surface area contributed by atoms with Gasteiger partial charge in [0.05, 0.1) is 17.1 Å². The fourth-order valence-corrected chi connectivity index (χ4v) is 7.62. The summed E-state index contributed by atoms with van der Waals surface area (Å²) in [6, 6.07) is 17.2. The standard InChI is InChI=1S/C33H38O11/c1-19(34)39-18-32-27(42-22-13-9-7-10-14-22)24(40-20(2)35)17-31(6,38)33(32)28(41-21(3)36)25(30(4,5)44-33)26(37)29(32)43-23-15-11-8-12-16-23/h7-16,24-25,27-29,38H,17-18H2,1-6H3/t24-,25?,27-,28?,29+,31?,32?,33?/m0/s1. The maximum atomic E-state index is 14.9. The first-order valence-corrected chi connectivity index (χ1v) is 14.5. The third-order valence-electron chi connectivity index (χ3n) is 8.97. The number of ketones is 1. The second kappa shape index (κ2) is 11.2. The number of para-hydroxylation sites is 2. The summed E-state index contributed by atoms with van der Waals surface area (Å²) in [5, 5.41) is 12.6. The van der Waals surface area contributed by atoms with Gasteiger partial charge in [-0.2, -0.15) is 0 Å². The van der Waals surface area contributed by atoms with Crippen LogP contribution in [0.2, 0.25) is 0 Å². The molecule has 8 atom stereocenters. The van der Waals surface area contributed by atoms with Crippen molar-refractivity contribution in [2.45, 2.75) is 89.2 Å². The predicted molar refractivity (Wildman–Crippen MR) is 154 cm³/mol. The largest absolute Gasteiger partial charge is 0.486 e. The van der Waals surface area contributed by atoms with E-state index in [0.29, 0.717) is 11.5 Å². The van der Waals surface area contributed by atoms with Crippen LogP contribution in [-0.4, -0.2) is 76.6 Å². The van der Waals surface area contributed by atoms with Crippen molar-refractivity contribution in [1.29, 1.82) is 0 Å². The molecule has 11 heteroatoms. The highest BCUT2D eigenvalue weighted by atomic mass is 16.6. The molecular formula is C33H38O11. The molecule has 2 aliphatic carbocycles. The van der Waals surface area contributed by atoms with Gasteiger partial charge >= 0.3 is 17.9 Å². The minimum absolute atomic E-state index is 0.237. The molecule has 2 aromatic rings. The van der Waals surface area contributed by atoms with Crippen LogP contribution < -0.4 is 9.47 Å². The number of fused-ring (bicyclic) bond motifs is 1. The Morgan fingerprint density at radius 1 is 0.818 bits per heavy atom. The molecule has 1 aliphatic heterocycles. The third-order valence-corrected chi connectivity index (χ3v) is 8.97. The Labute approximate surface area is 255 Å². The number of carbonyl (C=O) groups excluding carboxylic acids is 4. The van der Waals surface area contributed by atoms with Crippen LogP contribution >= 0.6 is 0 Å². The van der Waals surface area contributed by atoms with E-state index in [1.165, 1.54) is 27.7 Å². The van der Waals surface area contributed by atoms with Gasteiger partial charge in [-0.3, -0.25) is 19.2 Å². The van der Waals surface area contributed by atoms with Gasteiger partial charge in [0, 0.05) is 27.2 Å². The molecule has 11 nitrogen and oxygen atoms in total. The van der Waals surface area contributed by atoms with Crippen molar-refractivity contribution >= 4 is 23.7 Å². The Balaban J connectivity index is 1.88. The first kappa shape index (κ1) is 31.5. The average Bonchev–Trinajstić information content (AvgIpc) is 3.14. The Morgan fingerprint density at radius 2 is 1.36 bits per heavy atom. The number of benzene rings is 2. The van der Waals surface area contributed by atoms with Gasteiger partial charge in [-0.15, -0.1) is 0 Å². The van der Waals surface area contributed by atoms with Gasteiger partial charge in [-0.05, 0) is 45.0 Å². The Hall–Kier alpha value is -3.96. The second-order valence-corrected chi connectivity index (χ2v) is 12.5. The molecule has 5 unspecified atom stereocenters. The predicted octanol–water partition coefficient (Wildman–Crippen LogP) is 3.20. The highest BCUT2D eigenvalue weighted by Gasteiger charge is 2.88. The number of ether oxygens (including phenoxy) is 6. The molecule has 3 fully saturated rings. The molecule has 2 aromatic carbocycles. The zero-order valence-corrected chi connectivity index (χ0v) is 25.6. The van der Waals surface area contributed by atoms with Crippen molar-refractivity contribution < 1.29 is 52.7 Å².